The second kappa shape index (κ2) is 9.75. The molecule has 8 heteroatoms. The number of carbonyl (C=O) groups is 2. The molecule has 2 aromatic carbocycles. The van der Waals surface area contributed by atoms with Gasteiger partial charge in [-0.15, -0.1) is 12.6 Å². The third kappa shape index (κ3) is 4.48. The van der Waals surface area contributed by atoms with Gasteiger partial charge < -0.3 is 24.0 Å². The number of nitrogens with zero attached hydrogens (tertiary/aromatic N) is 2. The Morgan fingerprint density at radius 3 is 1.93 bits per heavy atom. The van der Waals surface area contributed by atoms with Crippen molar-refractivity contribution in [3.05, 3.63) is 47.5 Å². The summed E-state index contributed by atoms with van der Waals surface area (Å²) in [6, 6.07) is 10.5. The van der Waals surface area contributed by atoms with E-state index in [1.807, 2.05) is 12.1 Å². The van der Waals surface area contributed by atoms with Gasteiger partial charge in [-0.25, -0.2) is 0 Å². The average Bonchev–Trinajstić information content (AvgIpc) is 3.03. The molecule has 0 unspecified atom stereocenters. The molecule has 30 heavy (non-hydrogen) atoms. The molecule has 160 valence electrons. The van der Waals surface area contributed by atoms with Gasteiger partial charge in [0.05, 0.1) is 26.9 Å². The SMILES string of the molecule is COc1cc(C(=O)N2CCCN(C(=O)c3ccccc3S)CC2)cc(OC)c1OC. The highest BCUT2D eigenvalue weighted by Crippen LogP contribution is 2.38. The normalized spacial score (nSPS) is 14.1. The van der Waals surface area contributed by atoms with Gasteiger partial charge in [0, 0.05) is 36.6 Å². The first kappa shape index (κ1) is 21.8. The van der Waals surface area contributed by atoms with Crippen LogP contribution in [0.25, 0.3) is 0 Å². The fourth-order valence-electron chi connectivity index (χ4n) is 3.54. The number of ether oxygens (including phenoxy) is 3. The maximum Gasteiger partial charge on any atom is 0.255 e. The molecule has 2 aromatic rings. The van der Waals surface area contributed by atoms with Crippen molar-refractivity contribution in [2.45, 2.75) is 11.3 Å². The highest BCUT2D eigenvalue weighted by Gasteiger charge is 2.26. The van der Waals surface area contributed by atoms with E-state index in [-0.39, 0.29) is 11.8 Å². The van der Waals surface area contributed by atoms with E-state index in [0.29, 0.717) is 65.9 Å². The highest BCUT2D eigenvalue weighted by atomic mass is 32.1. The van der Waals surface area contributed by atoms with E-state index in [1.54, 1.807) is 34.1 Å². The first-order chi connectivity index (χ1) is 14.5. The minimum absolute atomic E-state index is 0.0670. The van der Waals surface area contributed by atoms with Crippen LogP contribution in [-0.4, -0.2) is 69.1 Å². The Hall–Kier alpha value is -2.87. The molecule has 0 aliphatic carbocycles. The van der Waals surface area contributed by atoms with Crippen molar-refractivity contribution in [1.29, 1.82) is 0 Å². The number of rotatable bonds is 5. The molecule has 0 aromatic heterocycles. The van der Waals surface area contributed by atoms with E-state index >= 15 is 0 Å². The molecule has 0 atom stereocenters. The molecule has 0 saturated carbocycles. The van der Waals surface area contributed by atoms with E-state index in [0.717, 1.165) is 0 Å². The minimum atomic E-state index is -0.141. The van der Waals surface area contributed by atoms with Crippen LogP contribution in [0.5, 0.6) is 17.2 Å². The third-order valence-corrected chi connectivity index (χ3v) is 5.51. The van der Waals surface area contributed by atoms with Gasteiger partial charge in [0.1, 0.15) is 0 Å². The summed E-state index contributed by atoms with van der Waals surface area (Å²) in [5, 5.41) is 0. The molecule has 1 saturated heterocycles. The Labute approximate surface area is 181 Å². The molecule has 7 nitrogen and oxygen atoms in total. The standard InChI is InChI=1S/C22H26N2O5S/c1-27-17-13-15(14-18(28-2)20(17)29-3)21(25)23-9-6-10-24(12-11-23)22(26)16-7-4-5-8-19(16)30/h4-5,7-8,13-14,30H,6,9-12H2,1-3H3. The van der Waals surface area contributed by atoms with Crippen LogP contribution in [0.1, 0.15) is 27.1 Å². The molecule has 1 heterocycles. The lowest BCUT2D eigenvalue weighted by molar-refractivity contribution is 0.0716. The van der Waals surface area contributed by atoms with Gasteiger partial charge in [-0.1, -0.05) is 12.1 Å². The summed E-state index contributed by atoms with van der Waals surface area (Å²) in [6.45, 7) is 2.04. The Morgan fingerprint density at radius 1 is 0.833 bits per heavy atom. The van der Waals surface area contributed by atoms with Crippen LogP contribution in [0.2, 0.25) is 0 Å². The summed E-state index contributed by atoms with van der Waals surface area (Å²) in [4.78, 5) is 30.2. The lowest BCUT2D eigenvalue weighted by atomic mass is 10.1. The smallest absolute Gasteiger partial charge is 0.255 e. The zero-order valence-corrected chi connectivity index (χ0v) is 18.3. The van der Waals surface area contributed by atoms with Crippen LogP contribution in [0.3, 0.4) is 0 Å². The Balaban J connectivity index is 1.76. The number of hydrogen-bond donors (Lipinski definition) is 1. The lowest BCUT2D eigenvalue weighted by Crippen LogP contribution is -2.37. The van der Waals surface area contributed by atoms with Gasteiger partial charge in [-0.05, 0) is 30.7 Å². The lowest BCUT2D eigenvalue weighted by Gasteiger charge is -2.23. The molecular weight excluding hydrogens is 404 g/mol. The molecule has 0 bridgehead atoms. The number of benzene rings is 2. The van der Waals surface area contributed by atoms with Crippen molar-refractivity contribution in [2.24, 2.45) is 0 Å². The van der Waals surface area contributed by atoms with Crippen LogP contribution < -0.4 is 14.2 Å². The molecule has 2 amide bonds. The number of methoxy groups -OCH3 is 3. The highest BCUT2D eigenvalue weighted by molar-refractivity contribution is 7.80. The molecule has 1 aliphatic heterocycles. The van der Waals surface area contributed by atoms with Crippen molar-refractivity contribution in [1.82, 2.24) is 9.80 Å². The second-order valence-corrected chi connectivity index (χ2v) is 7.35. The van der Waals surface area contributed by atoms with Crippen molar-refractivity contribution in [2.75, 3.05) is 47.5 Å². The van der Waals surface area contributed by atoms with Crippen molar-refractivity contribution < 1.29 is 23.8 Å². The molecule has 0 spiro atoms. The summed E-state index contributed by atoms with van der Waals surface area (Å²) >= 11 is 4.39. The topological polar surface area (TPSA) is 68.3 Å². The van der Waals surface area contributed by atoms with E-state index in [2.05, 4.69) is 12.6 Å². The van der Waals surface area contributed by atoms with E-state index in [1.165, 1.54) is 21.3 Å². The molecule has 3 rings (SSSR count). The average molecular weight is 431 g/mol. The van der Waals surface area contributed by atoms with Crippen LogP contribution in [0, 0.1) is 0 Å². The maximum atomic E-state index is 13.1. The largest absolute Gasteiger partial charge is 0.493 e. The van der Waals surface area contributed by atoms with Gasteiger partial charge in [0.2, 0.25) is 5.75 Å². The molecule has 0 N–H and O–H groups in total. The predicted molar refractivity (Wildman–Crippen MR) is 116 cm³/mol. The fraction of sp³-hybridized carbons (Fsp3) is 0.364. The van der Waals surface area contributed by atoms with Gasteiger partial charge in [0.15, 0.2) is 11.5 Å². The van der Waals surface area contributed by atoms with Gasteiger partial charge in [-0.3, -0.25) is 9.59 Å². The van der Waals surface area contributed by atoms with Gasteiger partial charge in [0.25, 0.3) is 11.8 Å². The minimum Gasteiger partial charge on any atom is -0.493 e. The quantitative estimate of drug-likeness (QED) is 0.739. The first-order valence-corrected chi connectivity index (χ1v) is 10.1. The summed E-state index contributed by atoms with van der Waals surface area (Å²) in [7, 11) is 4.55. The monoisotopic (exact) mass is 430 g/mol. The van der Waals surface area contributed by atoms with Crippen molar-refractivity contribution in [3.63, 3.8) is 0 Å². The summed E-state index contributed by atoms with van der Waals surface area (Å²) in [5.74, 6) is 1.09. The first-order valence-electron chi connectivity index (χ1n) is 9.66. The van der Waals surface area contributed by atoms with Crippen molar-refractivity contribution >= 4 is 24.4 Å². The molecule has 1 aliphatic rings. The third-order valence-electron chi connectivity index (χ3n) is 5.12. The summed E-state index contributed by atoms with van der Waals surface area (Å²) in [6.07, 6.45) is 0.691. The Kier molecular flexibility index (Phi) is 7.10. The molecular formula is C22H26N2O5S. The zero-order chi connectivity index (χ0) is 21.7. The van der Waals surface area contributed by atoms with E-state index in [9.17, 15) is 9.59 Å². The summed E-state index contributed by atoms with van der Waals surface area (Å²) in [5.41, 5.74) is 1.02. The van der Waals surface area contributed by atoms with Crippen LogP contribution >= 0.6 is 12.6 Å². The Bertz CT molecular complexity index is 908. The Morgan fingerprint density at radius 2 is 1.40 bits per heavy atom. The van der Waals surface area contributed by atoms with Crippen molar-refractivity contribution in [3.8, 4) is 17.2 Å². The van der Waals surface area contributed by atoms with E-state index < -0.39 is 0 Å². The summed E-state index contributed by atoms with van der Waals surface area (Å²) < 4.78 is 16.0. The fourth-order valence-corrected chi connectivity index (χ4v) is 3.79. The number of hydrogen-bond acceptors (Lipinski definition) is 6. The van der Waals surface area contributed by atoms with E-state index in [4.69, 9.17) is 14.2 Å². The predicted octanol–water partition coefficient (Wildman–Crippen LogP) is 2.99. The van der Waals surface area contributed by atoms with Crippen LogP contribution in [0.4, 0.5) is 0 Å². The second-order valence-electron chi connectivity index (χ2n) is 6.87. The van der Waals surface area contributed by atoms with Crippen LogP contribution in [0.15, 0.2) is 41.3 Å². The zero-order valence-electron chi connectivity index (χ0n) is 17.4. The van der Waals surface area contributed by atoms with Gasteiger partial charge >= 0.3 is 0 Å². The number of thiol groups is 1. The molecule has 0 radical (unpaired) electrons. The van der Waals surface area contributed by atoms with Crippen LogP contribution in [-0.2, 0) is 0 Å². The number of amides is 2. The molecule has 1 fully saturated rings. The number of carbonyl (C=O) groups excluding carboxylic acids is 2. The van der Waals surface area contributed by atoms with Gasteiger partial charge in [-0.2, -0.15) is 0 Å². The maximum absolute atomic E-state index is 13.1.